The van der Waals surface area contributed by atoms with Gasteiger partial charge in [-0.15, -0.1) is 30.6 Å². The second-order valence-corrected chi connectivity index (χ2v) is 21.3. The third-order valence-corrected chi connectivity index (χ3v) is 14.8. The standard InChI is InChI=1S/C23H24N6O3.C20H19N5O4.C18H16BrN5O2/c30-22-17-14-16(23(31)28-10-1-2-11-28)8-9-19(17)32-13-4-3-12-29-15-24-27-21(29)18-6-5-7-20(25-18)26-22;1-28-20(27)13-7-8-16-14(11-13)19(26)23-17-6-4-5-15(22-17)18-24-21-12-25(18)9-2-3-10-29-16;19-12-6-7-15-13(10-12)18(25)22-16-5-3-4-14(21-16)17-23-20-11-24(17)8-1-2-9-26-15/h5-9,14-15H,1-4,10-13H2,(H,25,26,30);4-8,11-12H,2-3,9-10H2,1H3,(H,22,23,26);3-7,10-11H,1-2,8-9H2,(H,21,22,25). The molecule has 6 aromatic heterocycles. The number of nitrogens with zero attached hydrogens (tertiary/aromatic N) is 13. The fourth-order valence-electron chi connectivity index (χ4n) is 9.94. The number of anilines is 3. The maximum atomic E-state index is 13.2. The average molecular weight is 1240 g/mol. The Morgan fingerprint density at radius 1 is 0.471 bits per heavy atom. The number of carbonyl (C=O) groups is 5. The number of benzene rings is 3. The lowest BCUT2D eigenvalue weighted by Gasteiger charge is -2.18. The van der Waals surface area contributed by atoms with Gasteiger partial charge >= 0.3 is 5.97 Å². The van der Waals surface area contributed by atoms with Crippen molar-refractivity contribution in [3.05, 3.63) is 160 Å². The summed E-state index contributed by atoms with van der Waals surface area (Å²) in [5, 5.41) is 32.9. The number of pyridine rings is 3. The van der Waals surface area contributed by atoms with E-state index >= 15 is 0 Å². The lowest BCUT2D eigenvalue weighted by molar-refractivity contribution is 0.0600. The molecule has 1 fully saturated rings. The first-order valence-corrected chi connectivity index (χ1v) is 29.2. The number of rotatable bonds is 2. The van der Waals surface area contributed by atoms with E-state index in [9.17, 15) is 24.0 Å². The zero-order valence-corrected chi connectivity index (χ0v) is 48.9. The zero-order chi connectivity index (χ0) is 60.1. The average Bonchev–Trinajstić information content (AvgIpc) is 3.93. The van der Waals surface area contributed by atoms with Gasteiger partial charge in [-0.1, -0.05) is 34.1 Å². The lowest BCUT2D eigenvalue weighted by atomic mass is 10.1. The maximum Gasteiger partial charge on any atom is 0.337 e. The van der Waals surface area contributed by atoms with E-state index in [2.05, 4.69) is 77.4 Å². The molecule has 10 heterocycles. The number of hydrogen-bond acceptors (Lipinski definition) is 18. The maximum absolute atomic E-state index is 13.2. The first kappa shape index (κ1) is 58.5. The van der Waals surface area contributed by atoms with E-state index in [1.54, 1.807) is 85.7 Å². The molecule has 4 amide bonds. The molecular formula is C61H59BrN16O9. The Morgan fingerprint density at radius 3 is 1.28 bits per heavy atom. The molecule has 444 valence electrons. The number of aryl methyl sites for hydroxylation is 3. The highest BCUT2D eigenvalue weighted by Crippen LogP contribution is 2.29. The predicted octanol–water partition coefficient (Wildman–Crippen LogP) is 9.08. The molecule has 9 aromatic rings. The summed E-state index contributed by atoms with van der Waals surface area (Å²) >= 11 is 3.41. The van der Waals surface area contributed by atoms with Crippen LogP contribution in [0.15, 0.2) is 133 Å². The number of carbonyl (C=O) groups excluding carboxylic acids is 5. The summed E-state index contributed by atoms with van der Waals surface area (Å²) in [6.45, 7) is 5.15. The van der Waals surface area contributed by atoms with Crippen LogP contribution >= 0.6 is 15.9 Å². The third kappa shape index (κ3) is 14.3. The molecule has 0 atom stereocenters. The summed E-state index contributed by atoms with van der Waals surface area (Å²) in [5.41, 5.74) is 3.68. The number of amides is 4. The second kappa shape index (κ2) is 27.6. The monoisotopic (exact) mass is 1240 g/mol. The van der Waals surface area contributed by atoms with Crippen LogP contribution in [0.25, 0.3) is 34.6 Å². The molecular weight excluding hydrogens is 1180 g/mol. The molecule has 13 rings (SSSR count). The zero-order valence-electron chi connectivity index (χ0n) is 47.3. The molecule has 87 heavy (non-hydrogen) atoms. The molecule has 0 radical (unpaired) electrons. The molecule has 4 aliphatic heterocycles. The van der Waals surface area contributed by atoms with E-state index in [0.29, 0.717) is 106 Å². The van der Waals surface area contributed by atoms with Crippen molar-refractivity contribution in [2.45, 2.75) is 71.0 Å². The molecule has 26 heteroatoms. The van der Waals surface area contributed by atoms with Crippen molar-refractivity contribution in [2.75, 3.05) is 56.0 Å². The molecule has 3 aromatic carbocycles. The highest BCUT2D eigenvalue weighted by Gasteiger charge is 2.25. The SMILES string of the molecule is COC(=O)c1ccc2c(c1)C(=O)Nc1cccc(n1)-c1nncn1CCCCO2.O=C1Nc2cccc(n2)-c2nncn2CCCCOc2ccc(Br)cc21.O=C1Nc2cccc(n2)-c2nncn2CCCCOc2ccc(C(=O)N3CCCC3)cc21. The van der Waals surface area contributed by atoms with Crippen molar-refractivity contribution in [1.82, 2.24) is 64.1 Å². The van der Waals surface area contributed by atoms with Gasteiger partial charge in [0.25, 0.3) is 23.6 Å². The minimum atomic E-state index is -0.528. The summed E-state index contributed by atoms with van der Waals surface area (Å²) < 4.78 is 29.0. The van der Waals surface area contributed by atoms with E-state index in [1.165, 1.54) is 13.2 Å². The molecule has 0 saturated carbocycles. The normalized spacial score (nSPS) is 15.0. The fourth-order valence-corrected chi connectivity index (χ4v) is 10.3. The van der Waals surface area contributed by atoms with E-state index in [-0.39, 0.29) is 28.8 Å². The smallest absolute Gasteiger partial charge is 0.337 e. The van der Waals surface area contributed by atoms with Crippen LogP contribution in [0.1, 0.15) is 103 Å². The van der Waals surface area contributed by atoms with Crippen molar-refractivity contribution >= 4 is 63.0 Å². The third-order valence-electron chi connectivity index (χ3n) is 14.4. The lowest BCUT2D eigenvalue weighted by Crippen LogP contribution is -2.28. The Bertz CT molecular complexity index is 3970. The Morgan fingerprint density at radius 2 is 0.851 bits per heavy atom. The van der Waals surface area contributed by atoms with Gasteiger partial charge in [-0.05, 0) is 142 Å². The van der Waals surface area contributed by atoms with E-state index < -0.39 is 11.9 Å². The Balaban J connectivity index is 0.000000136. The second-order valence-electron chi connectivity index (χ2n) is 20.4. The van der Waals surface area contributed by atoms with Gasteiger partial charge in [-0.25, -0.2) is 19.7 Å². The number of esters is 1. The number of hydrogen-bond donors (Lipinski definition) is 3. The van der Waals surface area contributed by atoms with Crippen LogP contribution in [0.4, 0.5) is 17.5 Å². The van der Waals surface area contributed by atoms with Crippen LogP contribution in [-0.4, -0.2) is 134 Å². The largest absolute Gasteiger partial charge is 0.493 e. The summed E-state index contributed by atoms with van der Waals surface area (Å²) in [6.07, 6.45) is 12.1. The van der Waals surface area contributed by atoms with Crippen LogP contribution in [0, 0.1) is 0 Å². The van der Waals surface area contributed by atoms with Gasteiger partial charge in [-0.3, -0.25) is 19.2 Å². The van der Waals surface area contributed by atoms with Crippen molar-refractivity contribution in [3.63, 3.8) is 0 Å². The molecule has 0 aliphatic carbocycles. The van der Waals surface area contributed by atoms with E-state index in [1.807, 2.05) is 55.0 Å². The van der Waals surface area contributed by atoms with Gasteiger partial charge < -0.3 is 53.5 Å². The summed E-state index contributed by atoms with van der Waals surface area (Å²) in [4.78, 5) is 79.0. The number of methoxy groups -OCH3 is 1. The highest BCUT2D eigenvalue weighted by molar-refractivity contribution is 9.10. The minimum Gasteiger partial charge on any atom is -0.493 e. The fraction of sp³-hybridized carbons (Fsp3) is 0.279. The van der Waals surface area contributed by atoms with Crippen molar-refractivity contribution in [3.8, 4) is 51.8 Å². The summed E-state index contributed by atoms with van der Waals surface area (Å²) in [5.74, 6) is 2.90. The Kier molecular flexibility index (Phi) is 18.6. The first-order valence-electron chi connectivity index (χ1n) is 28.4. The summed E-state index contributed by atoms with van der Waals surface area (Å²) in [6, 6.07) is 31.2. The van der Waals surface area contributed by atoms with Crippen LogP contribution in [0.5, 0.6) is 17.2 Å². The highest BCUT2D eigenvalue weighted by atomic mass is 79.9. The van der Waals surface area contributed by atoms with Gasteiger partial charge in [0.2, 0.25) is 0 Å². The van der Waals surface area contributed by atoms with Crippen LogP contribution < -0.4 is 30.2 Å². The Hall–Kier alpha value is -10.2. The van der Waals surface area contributed by atoms with E-state index in [4.69, 9.17) is 18.9 Å². The molecule has 25 nitrogen and oxygen atoms in total. The number of fused-ring (bicyclic) bond motifs is 15. The van der Waals surface area contributed by atoms with Crippen molar-refractivity contribution in [1.29, 1.82) is 0 Å². The molecule has 0 unspecified atom stereocenters. The van der Waals surface area contributed by atoms with Gasteiger partial charge in [0.1, 0.15) is 70.8 Å². The number of likely N-dealkylation sites (tertiary alicyclic amines) is 1. The van der Waals surface area contributed by atoms with Crippen molar-refractivity contribution < 1.29 is 42.9 Å². The number of halogens is 1. The Labute approximate surface area is 507 Å². The van der Waals surface area contributed by atoms with Gasteiger partial charge in [-0.2, -0.15) is 0 Å². The molecule has 0 spiro atoms. The molecule has 1 saturated heterocycles. The van der Waals surface area contributed by atoms with Crippen LogP contribution in [0.2, 0.25) is 0 Å². The van der Waals surface area contributed by atoms with E-state index in [0.717, 1.165) is 88.6 Å². The minimum absolute atomic E-state index is 0.0584. The quantitative estimate of drug-likeness (QED) is 0.136. The number of ether oxygens (including phenoxy) is 4. The van der Waals surface area contributed by atoms with Gasteiger partial charge in [0.05, 0.1) is 49.2 Å². The van der Waals surface area contributed by atoms with Gasteiger partial charge in [0, 0.05) is 42.8 Å². The first-order chi connectivity index (χ1) is 42.5. The van der Waals surface area contributed by atoms with Crippen LogP contribution in [-0.2, 0) is 24.4 Å². The molecule has 3 N–H and O–H groups in total. The molecule has 4 aliphatic rings. The van der Waals surface area contributed by atoms with Crippen LogP contribution in [0.3, 0.4) is 0 Å². The van der Waals surface area contributed by atoms with Gasteiger partial charge in [0.15, 0.2) is 17.5 Å². The topological polar surface area (TPSA) is 292 Å². The predicted molar refractivity (Wildman–Crippen MR) is 321 cm³/mol. The number of aromatic nitrogens is 12. The van der Waals surface area contributed by atoms with Crippen molar-refractivity contribution in [2.24, 2.45) is 0 Å². The molecule has 6 bridgehead atoms. The summed E-state index contributed by atoms with van der Waals surface area (Å²) in [7, 11) is 1.29. The number of nitrogens with one attached hydrogen (secondary N) is 3.